The van der Waals surface area contributed by atoms with Gasteiger partial charge in [0.25, 0.3) is 0 Å². The maximum atomic E-state index is 13.7. The molecule has 0 amide bonds. The first kappa shape index (κ1) is 14.2. The van der Waals surface area contributed by atoms with Crippen LogP contribution in [-0.4, -0.2) is 13.2 Å². The molecule has 1 N–H and O–H groups in total. The van der Waals surface area contributed by atoms with Crippen molar-refractivity contribution in [1.82, 2.24) is 0 Å². The molecule has 1 fully saturated rings. The number of methoxy groups -OCH3 is 1. The molecule has 0 aliphatic heterocycles. The van der Waals surface area contributed by atoms with E-state index in [0.29, 0.717) is 16.6 Å². The summed E-state index contributed by atoms with van der Waals surface area (Å²) in [5.41, 5.74) is 1.70. The third-order valence-corrected chi connectivity index (χ3v) is 4.24. The second-order valence-corrected chi connectivity index (χ2v) is 5.81. The minimum atomic E-state index is -0.264. The third kappa shape index (κ3) is 2.98. The third-order valence-electron chi connectivity index (χ3n) is 4.00. The number of anilines is 1. The van der Waals surface area contributed by atoms with Crippen molar-refractivity contribution < 1.29 is 9.13 Å². The molecule has 0 saturated heterocycles. The van der Waals surface area contributed by atoms with Gasteiger partial charge in [0.15, 0.2) is 0 Å². The lowest BCUT2D eigenvalue weighted by atomic mass is 9.75. The summed E-state index contributed by atoms with van der Waals surface area (Å²) in [6, 6.07) is 12.9. The van der Waals surface area contributed by atoms with Gasteiger partial charge in [0.05, 0.1) is 12.8 Å². The molecule has 3 rings (SSSR count). The van der Waals surface area contributed by atoms with Crippen molar-refractivity contribution in [2.75, 3.05) is 12.4 Å². The lowest BCUT2D eigenvalue weighted by molar-refractivity contribution is 0.349. The highest BCUT2D eigenvalue weighted by Gasteiger charge is 2.32. The van der Waals surface area contributed by atoms with E-state index in [-0.39, 0.29) is 11.9 Å². The van der Waals surface area contributed by atoms with Gasteiger partial charge in [0.1, 0.15) is 11.6 Å². The first-order chi connectivity index (χ1) is 10.2. The van der Waals surface area contributed by atoms with Gasteiger partial charge in [-0.1, -0.05) is 29.8 Å². The van der Waals surface area contributed by atoms with Gasteiger partial charge in [-0.25, -0.2) is 4.39 Å². The molecule has 1 aliphatic rings. The van der Waals surface area contributed by atoms with Crippen molar-refractivity contribution in [1.29, 1.82) is 0 Å². The van der Waals surface area contributed by atoms with E-state index in [2.05, 4.69) is 11.4 Å². The molecule has 0 heterocycles. The summed E-state index contributed by atoms with van der Waals surface area (Å²) >= 11 is 5.90. The second kappa shape index (κ2) is 5.94. The van der Waals surface area contributed by atoms with Crippen LogP contribution in [0.3, 0.4) is 0 Å². The van der Waals surface area contributed by atoms with Gasteiger partial charge < -0.3 is 10.1 Å². The van der Waals surface area contributed by atoms with Crippen LogP contribution in [0.1, 0.15) is 24.3 Å². The van der Waals surface area contributed by atoms with Crippen molar-refractivity contribution in [3.63, 3.8) is 0 Å². The zero-order chi connectivity index (χ0) is 14.8. The van der Waals surface area contributed by atoms with E-state index in [0.717, 1.165) is 18.6 Å². The lowest BCUT2D eigenvalue weighted by Gasteiger charge is -2.37. The van der Waals surface area contributed by atoms with Crippen LogP contribution in [0.4, 0.5) is 10.1 Å². The highest BCUT2D eigenvalue weighted by atomic mass is 35.5. The second-order valence-electron chi connectivity index (χ2n) is 5.38. The highest BCUT2D eigenvalue weighted by Crippen LogP contribution is 2.42. The SMILES string of the molecule is COc1ccccc1C1CC(Nc2cc(Cl)ccc2F)C1. The summed E-state index contributed by atoms with van der Waals surface area (Å²) in [6.07, 6.45) is 1.93. The smallest absolute Gasteiger partial charge is 0.146 e. The number of ether oxygens (including phenoxy) is 1. The Balaban J connectivity index is 1.65. The molecule has 0 spiro atoms. The highest BCUT2D eigenvalue weighted by molar-refractivity contribution is 6.30. The molecule has 0 radical (unpaired) electrons. The van der Waals surface area contributed by atoms with E-state index in [1.807, 2.05) is 18.2 Å². The molecular formula is C17H17ClFNO. The summed E-state index contributed by atoms with van der Waals surface area (Å²) < 4.78 is 19.1. The monoisotopic (exact) mass is 305 g/mol. The number of hydrogen-bond donors (Lipinski definition) is 1. The quantitative estimate of drug-likeness (QED) is 0.872. The minimum Gasteiger partial charge on any atom is -0.496 e. The molecule has 1 saturated carbocycles. The summed E-state index contributed by atoms with van der Waals surface area (Å²) in [5.74, 6) is 1.12. The van der Waals surface area contributed by atoms with Crippen molar-refractivity contribution in [3.8, 4) is 5.75 Å². The minimum absolute atomic E-state index is 0.264. The Bertz CT molecular complexity index is 640. The van der Waals surface area contributed by atoms with E-state index in [9.17, 15) is 4.39 Å². The zero-order valence-corrected chi connectivity index (χ0v) is 12.5. The Kier molecular flexibility index (Phi) is 4.02. The molecular weight excluding hydrogens is 289 g/mol. The molecule has 1 aliphatic carbocycles. The predicted octanol–water partition coefficient (Wildman–Crippen LogP) is 4.85. The normalized spacial score (nSPS) is 20.7. The van der Waals surface area contributed by atoms with Crippen molar-refractivity contribution in [3.05, 3.63) is 58.9 Å². The van der Waals surface area contributed by atoms with E-state index in [1.54, 1.807) is 19.2 Å². The number of halogens is 2. The maximum Gasteiger partial charge on any atom is 0.146 e. The molecule has 21 heavy (non-hydrogen) atoms. The first-order valence-electron chi connectivity index (χ1n) is 7.02. The fourth-order valence-corrected chi connectivity index (χ4v) is 2.99. The van der Waals surface area contributed by atoms with Crippen molar-refractivity contribution >= 4 is 17.3 Å². The number of hydrogen-bond acceptors (Lipinski definition) is 2. The number of rotatable bonds is 4. The van der Waals surface area contributed by atoms with Gasteiger partial charge in [0, 0.05) is 11.1 Å². The predicted molar refractivity (Wildman–Crippen MR) is 83.8 cm³/mol. The molecule has 0 unspecified atom stereocenters. The van der Waals surface area contributed by atoms with Gasteiger partial charge in [-0.3, -0.25) is 0 Å². The fourth-order valence-electron chi connectivity index (χ4n) is 2.82. The van der Waals surface area contributed by atoms with Crippen LogP contribution in [0.2, 0.25) is 5.02 Å². The van der Waals surface area contributed by atoms with Gasteiger partial charge in [-0.15, -0.1) is 0 Å². The van der Waals surface area contributed by atoms with E-state index < -0.39 is 0 Å². The zero-order valence-electron chi connectivity index (χ0n) is 11.8. The Labute approximate surface area is 128 Å². The largest absolute Gasteiger partial charge is 0.496 e. The van der Waals surface area contributed by atoms with Crippen LogP contribution >= 0.6 is 11.6 Å². The van der Waals surface area contributed by atoms with Crippen LogP contribution in [0.5, 0.6) is 5.75 Å². The molecule has 0 aromatic heterocycles. The average molecular weight is 306 g/mol. The molecule has 2 nitrogen and oxygen atoms in total. The molecule has 2 aromatic rings. The lowest BCUT2D eigenvalue weighted by Crippen LogP contribution is -2.34. The molecule has 0 atom stereocenters. The average Bonchev–Trinajstić information content (AvgIpc) is 2.46. The van der Waals surface area contributed by atoms with Gasteiger partial charge >= 0.3 is 0 Å². The topological polar surface area (TPSA) is 21.3 Å². The fraction of sp³-hybridized carbons (Fsp3) is 0.294. The van der Waals surface area contributed by atoms with Gasteiger partial charge in [-0.05, 0) is 48.6 Å². The number of benzene rings is 2. The summed E-state index contributed by atoms with van der Waals surface area (Å²) in [4.78, 5) is 0. The first-order valence-corrected chi connectivity index (χ1v) is 7.39. The van der Waals surface area contributed by atoms with Crippen LogP contribution in [0.15, 0.2) is 42.5 Å². The summed E-state index contributed by atoms with van der Waals surface area (Å²) in [7, 11) is 1.69. The van der Waals surface area contributed by atoms with E-state index in [4.69, 9.17) is 16.3 Å². The van der Waals surface area contributed by atoms with Crippen LogP contribution in [0, 0.1) is 5.82 Å². The van der Waals surface area contributed by atoms with Gasteiger partial charge in [-0.2, -0.15) is 0 Å². The Morgan fingerprint density at radius 1 is 1.19 bits per heavy atom. The summed E-state index contributed by atoms with van der Waals surface area (Å²) in [5, 5.41) is 3.77. The molecule has 0 bridgehead atoms. The Morgan fingerprint density at radius 3 is 2.71 bits per heavy atom. The van der Waals surface area contributed by atoms with E-state index in [1.165, 1.54) is 11.6 Å². The molecule has 2 aromatic carbocycles. The number of para-hydroxylation sites is 1. The van der Waals surface area contributed by atoms with Crippen LogP contribution in [-0.2, 0) is 0 Å². The summed E-state index contributed by atoms with van der Waals surface area (Å²) in [6.45, 7) is 0. The van der Waals surface area contributed by atoms with Crippen molar-refractivity contribution in [2.45, 2.75) is 24.8 Å². The Morgan fingerprint density at radius 2 is 1.95 bits per heavy atom. The van der Waals surface area contributed by atoms with Crippen LogP contribution in [0.25, 0.3) is 0 Å². The Hall–Kier alpha value is -1.74. The maximum absolute atomic E-state index is 13.7. The standard InChI is InChI=1S/C17H17ClFNO/c1-21-17-5-3-2-4-14(17)11-8-13(9-11)20-16-10-12(18)6-7-15(16)19/h2-7,10-11,13,20H,8-9H2,1H3. The van der Waals surface area contributed by atoms with Crippen LogP contribution < -0.4 is 10.1 Å². The van der Waals surface area contributed by atoms with Crippen molar-refractivity contribution in [2.24, 2.45) is 0 Å². The molecule has 110 valence electrons. The molecule has 4 heteroatoms. The van der Waals surface area contributed by atoms with E-state index >= 15 is 0 Å². The number of nitrogens with one attached hydrogen (secondary N) is 1. The van der Waals surface area contributed by atoms with Gasteiger partial charge in [0.2, 0.25) is 0 Å².